The first kappa shape index (κ1) is 16.0. The third-order valence-electron chi connectivity index (χ3n) is 4.20. The van der Waals surface area contributed by atoms with Gasteiger partial charge in [-0.15, -0.1) is 0 Å². The molecule has 0 aliphatic rings. The molecule has 2 N–H and O–H groups in total. The highest BCUT2D eigenvalue weighted by Crippen LogP contribution is 2.27. The maximum atomic E-state index is 5.30. The molecule has 0 aliphatic carbocycles. The van der Waals surface area contributed by atoms with Crippen molar-refractivity contribution in [3.05, 3.63) is 72.7 Å². The maximum Gasteiger partial charge on any atom is 0.153 e. The number of methoxy groups -OCH3 is 1. The van der Waals surface area contributed by atoms with Crippen LogP contribution in [0.2, 0.25) is 0 Å². The summed E-state index contributed by atoms with van der Waals surface area (Å²) in [7, 11) is 1.67. The molecular formula is C20H19N5O. The van der Waals surface area contributed by atoms with Gasteiger partial charge in [-0.25, -0.2) is 9.67 Å². The van der Waals surface area contributed by atoms with E-state index in [4.69, 9.17) is 4.74 Å². The fourth-order valence-corrected chi connectivity index (χ4v) is 2.73. The predicted octanol–water partition coefficient (Wildman–Crippen LogP) is 4.32. The van der Waals surface area contributed by atoms with Crippen molar-refractivity contribution >= 4 is 11.5 Å². The molecule has 0 aliphatic heterocycles. The van der Waals surface area contributed by atoms with Gasteiger partial charge in [-0.3, -0.25) is 0 Å². The highest BCUT2D eigenvalue weighted by Gasteiger charge is 2.06. The Labute approximate surface area is 151 Å². The fourth-order valence-electron chi connectivity index (χ4n) is 2.73. The van der Waals surface area contributed by atoms with Gasteiger partial charge in [0.05, 0.1) is 7.11 Å². The third kappa shape index (κ3) is 3.17. The van der Waals surface area contributed by atoms with Crippen molar-refractivity contribution in [2.75, 3.05) is 12.4 Å². The van der Waals surface area contributed by atoms with E-state index in [0.717, 1.165) is 39.9 Å². The van der Waals surface area contributed by atoms with Crippen LogP contribution in [0.1, 0.15) is 5.56 Å². The quantitative estimate of drug-likeness (QED) is 0.565. The zero-order chi connectivity index (χ0) is 17.9. The number of rotatable bonds is 5. The van der Waals surface area contributed by atoms with Crippen molar-refractivity contribution in [2.45, 2.75) is 6.92 Å². The molecule has 0 fully saturated rings. The van der Waals surface area contributed by atoms with Crippen molar-refractivity contribution in [1.82, 2.24) is 19.7 Å². The van der Waals surface area contributed by atoms with Gasteiger partial charge in [0.15, 0.2) is 5.82 Å². The van der Waals surface area contributed by atoms with E-state index in [1.807, 2.05) is 60.9 Å². The summed E-state index contributed by atoms with van der Waals surface area (Å²) >= 11 is 0. The molecule has 0 unspecified atom stereocenters. The number of hydrogen-bond donors (Lipinski definition) is 2. The molecule has 0 atom stereocenters. The predicted molar refractivity (Wildman–Crippen MR) is 102 cm³/mol. The lowest BCUT2D eigenvalue weighted by Crippen LogP contribution is -1.97. The summed E-state index contributed by atoms with van der Waals surface area (Å²) < 4.78 is 7.03. The van der Waals surface area contributed by atoms with Gasteiger partial charge < -0.3 is 15.0 Å². The summed E-state index contributed by atoms with van der Waals surface area (Å²) in [6.07, 6.45) is 5.44. The second-order valence-electron chi connectivity index (χ2n) is 5.95. The average molecular weight is 345 g/mol. The molecule has 1 aromatic carbocycles. The minimum absolute atomic E-state index is 0.788. The first-order valence-electron chi connectivity index (χ1n) is 8.30. The van der Waals surface area contributed by atoms with E-state index < -0.39 is 0 Å². The van der Waals surface area contributed by atoms with Gasteiger partial charge in [0.2, 0.25) is 0 Å². The summed E-state index contributed by atoms with van der Waals surface area (Å²) in [4.78, 5) is 7.85. The van der Waals surface area contributed by atoms with Gasteiger partial charge in [0.25, 0.3) is 0 Å². The number of aryl methyl sites for hydroxylation is 1. The van der Waals surface area contributed by atoms with E-state index in [9.17, 15) is 0 Å². The molecule has 6 nitrogen and oxygen atoms in total. The molecule has 6 heteroatoms. The number of anilines is 2. The summed E-state index contributed by atoms with van der Waals surface area (Å²) in [5.41, 5.74) is 4.15. The Morgan fingerprint density at radius 3 is 2.77 bits per heavy atom. The number of H-pyrrole nitrogens is 1. The van der Waals surface area contributed by atoms with Crippen molar-refractivity contribution in [3.8, 4) is 22.8 Å². The number of benzene rings is 1. The Hall–Kier alpha value is -3.54. The Balaban J connectivity index is 1.55. The molecule has 4 aromatic rings. The minimum Gasteiger partial charge on any atom is -0.497 e. The van der Waals surface area contributed by atoms with Crippen molar-refractivity contribution < 1.29 is 4.74 Å². The van der Waals surface area contributed by atoms with Crippen LogP contribution in [0.25, 0.3) is 17.1 Å². The normalized spacial score (nSPS) is 10.7. The molecule has 0 bridgehead atoms. The lowest BCUT2D eigenvalue weighted by atomic mass is 10.2. The second-order valence-corrected chi connectivity index (χ2v) is 5.95. The molecule has 0 amide bonds. The standard InChI is InChI=1S/C20H19N5O/c1-14-4-6-16(26-2)12-18(14)24-19-8-7-17(23-19)15-5-9-20(21-13-15)25-11-3-10-22-25/h3-13,23-24H,1-2H3. The van der Waals surface area contributed by atoms with Gasteiger partial charge >= 0.3 is 0 Å². The largest absolute Gasteiger partial charge is 0.497 e. The lowest BCUT2D eigenvalue weighted by molar-refractivity contribution is 0.415. The number of nitrogens with zero attached hydrogens (tertiary/aromatic N) is 3. The van der Waals surface area contributed by atoms with E-state index in [-0.39, 0.29) is 0 Å². The molecule has 130 valence electrons. The van der Waals surface area contributed by atoms with Crippen LogP contribution in [-0.2, 0) is 0 Å². The smallest absolute Gasteiger partial charge is 0.153 e. The SMILES string of the molecule is COc1ccc(C)c(Nc2ccc(-c3ccc(-n4cccn4)nc3)[nH]2)c1. The Bertz CT molecular complexity index is 1000. The van der Waals surface area contributed by atoms with Crippen molar-refractivity contribution in [1.29, 1.82) is 0 Å². The topological polar surface area (TPSA) is 67.8 Å². The molecule has 0 radical (unpaired) electrons. The van der Waals surface area contributed by atoms with Crippen LogP contribution in [0, 0.1) is 6.92 Å². The Morgan fingerprint density at radius 1 is 1.12 bits per heavy atom. The number of ether oxygens (including phenoxy) is 1. The van der Waals surface area contributed by atoms with Crippen LogP contribution in [0.3, 0.4) is 0 Å². The zero-order valence-corrected chi connectivity index (χ0v) is 14.6. The van der Waals surface area contributed by atoms with Crippen molar-refractivity contribution in [2.24, 2.45) is 0 Å². The van der Waals surface area contributed by atoms with Gasteiger partial charge in [-0.05, 0) is 48.9 Å². The van der Waals surface area contributed by atoms with E-state index in [1.165, 1.54) is 0 Å². The molecule has 4 rings (SSSR count). The molecule has 0 saturated carbocycles. The van der Waals surface area contributed by atoms with Crippen LogP contribution < -0.4 is 10.1 Å². The summed E-state index contributed by atoms with van der Waals surface area (Å²) in [6.45, 7) is 2.06. The minimum atomic E-state index is 0.788. The molecule has 3 heterocycles. The van der Waals surface area contributed by atoms with Crippen molar-refractivity contribution in [3.63, 3.8) is 0 Å². The van der Waals surface area contributed by atoms with E-state index in [1.54, 1.807) is 18.0 Å². The molecular weight excluding hydrogens is 326 g/mol. The third-order valence-corrected chi connectivity index (χ3v) is 4.20. The number of aromatic amines is 1. The van der Waals surface area contributed by atoms with Gasteiger partial charge in [-0.2, -0.15) is 5.10 Å². The first-order valence-corrected chi connectivity index (χ1v) is 8.30. The monoisotopic (exact) mass is 345 g/mol. The van der Waals surface area contributed by atoms with Crippen LogP contribution in [0.4, 0.5) is 11.5 Å². The average Bonchev–Trinajstić information content (AvgIpc) is 3.36. The van der Waals surface area contributed by atoms with Crippen LogP contribution >= 0.6 is 0 Å². The van der Waals surface area contributed by atoms with Crippen LogP contribution in [-0.4, -0.2) is 26.9 Å². The fraction of sp³-hybridized carbons (Fsp3) is 0.100. The van der Waals surface area contributed by atoms with Gasteiger partial charge in [-0.1, -0.05) is 6.07 Å². The maximum absolute atomic E-state index is 5.30. The summed E-state index contributed by atoms with van der Waals surface area (Å²) in [5.74, 6) is 2.52. The molecule has 0 spiro atoms. The van der Waals surface area contributed by atoms with E-state index in [0.29, 0.717) is 0 Å². The lowest BCUT2D eigenvalue weighted by Gasteiger charge is -2.10. The van der Waals surface area contributed by atoms with E-state index >= 15 is 0 Å². The van der Waals surface area contributed by atoms with Gasteiger partial charge in [0, 0.05) is 41.6 Å². The van der Waals surface area contributed by atoms with E-state index in [2.05, 4.69) is 27.3 Å². The highest BCUT2D eigenvalue weighted by atomic mass is 16.5. The molecule has 26 heavy (non-hydrogen) atoms. The van der Waals surface area contributed by atoms with Crippen LogP contribution in [0.5, 0.6) is 5.75 Å². The number of pyridine rings is 1. The zero-order valence-electron chi connectivity index (χ0n) is 14.6. The summed E-state index contributed by atoms with van der Waals surface area (Å²) in [6, 6.07) is 15.8. The van der Waals surface area contributed by atoms with Crippen LogP contribution in [0.15, 0.2) is 67.1 Å². The van der Waals surface area contributed by atoms with Gasteiger partial charge in [0.1, 0.15) is 11.6 Å². The second kappa shape index (κ2) is 6.76. The Morgan fingerprint density at radius 2 is 2.04 bits per heavy atom. The highest BCUT2D eigenvalue weighted by molar-refractivity contribution is 5.68. The molecule has 3 aromatic heterocycles. The summed E-state index contributed by atoms with van der Waals surface area (Å²) in [5, 5.41) is 7.59. The number of aromatic nitrogens is 4. The molecule has 0 saturated heterocycles. The Kier molecular flexibility index (Phi) is 4.15. The number of nitrogens with one attached hydrogen (secondary N) is 2. The number of hydrogen-bond acceptors (Lipinski definition) is 4. The first-order chi connectivity index (χ1) is 12.7.